The number of rotatable bonds is 11. The van der Waals surface area contributed by atoms with E-state index in [2.05, 4.69) is 27.2 Å². The van der Waals surface area contributed by atoms with E-state index in [1.165, 1.54) is 0 Å². The summed E-state index contributed by atoms with van der Waals surface area (Å²) in [7, 11) is 1.55. The van der Waals surface area contributed by atoms with Gasteiger partial charge in [0.05, 0.1) is 36.7 Å². The molecule has 2 aromatic rings. The second-order valence-electron chi connectivity index (χ2n) is 8.09. The van der Waals surface area contributed by atoms with Crippen molar-refractivity contribution in [1.82, 2.24) is 4.90 Å². The first-order valence-electron chi connectivity index (χ1n) is 11.6. The summed E-state index contributed by atoms with van der Waals surface area (Å²) in [6.45, 7) is 6.59. The lowest BCUT2D eigenvalue weighted by molar-refractivity contribution is -0.145. The van der Waals surface area contributed by atoms with Crippen molar-refractivity contribution in [2.75, 3.05) is 75.6 Å². The second kappa shape index (κ2) is 12.8. The molecule has 34 heavy (non-hydrogen) atoms. The number of methoxy groups -OCH3 is 1. The number of hydrogen-bond acceptors (Lipinski definition) is 9. The summed E-state index contributed by atoms with van der Waals surface area (Å²) in [5.74, 6) is -0.594. The zero-order valence-electron chi connectivity index (χ0n) is 19.9. The quantitative estimate of drug-likeness (QED) is 0.291. The molecule has 184 valence electrons. The van der Waals surface area contributed by atoms with Crippen molar-refractivity contribution in [3.05, 3.63) is 48.0 Å². The topological polar surface area (TPSA) is 106 Å². The number of piperazine rings is 1. The van der Waals surface area contributed by atoms with Crippen LogP contribution in [0.1, 0.15) is 23.7 Å². The van der Waals surface area contributed by atoms with Gasteiger partial charge in [-0.25, -0.2) is 4.79 Å². The molecule has 2 aromatic carbocycles. The van der Waals surface area contributed by atoms with Crippen molar-refractivity contribution in [3.63, 3.8) is 0 Å². The Morgan fingerprint density at radius 2 is 1.79 bits per heavy atom. The van der Waals surface area contributed by atoms with E-state index in [1.54, 1.807) is 25.3 Å². The standard InChI is InChI=1S/C25H34N4O5/c1-3-13-33-24(30)18-28-9-11-29(12-10-28)21-6-4-5-20(17-21)27-23-8-7-19(16-22(23)26)25(31)34-15-14-32-2/h4-8,16-17,27H,3,9-15,18,26H2,1-2H3. The van der Waals surface area contributed by atoms with Gasteiger partial charge in [-0.05, 0) is 42.8 Å². The molecule has 0 atom stereocenters. The van der Waals surface area contributed by atoms with Gasteiger partial charge in [0.1, 0.15) is 6.61 Å². The van der Waals surface area contributed by atoms with Crippen LogP contribution in [0, 0.1) is 0 Å². The van der Waals surface area contributed by atoms with E-state index in [9.17, 15) is 9.59 Å². The van der Waals surface area contributed by atoms with Crippen LogP contribution in [-0.4, -0.2) is 76.5 Å². The van der Waals surface area contributed by atoms with Crippen molar-refractivity contribution in [2.24, 2.45) is 0 Å². The number of carbonyl (C=O) groups excluding carboxylic acids is 2. The number of nitrogens with two attached hydrogens (primary N) is 1. The predicted molar refractivity (Wildman–Crippen MR) is 133 cm³/mol. The molecule has 0 amide bonds. The molecule has 0 unspecified atom stereocenters. The van der Waals surface area contributed by atoms with Crippen molar-refractivity contribution in [3.8, 4) is 0 Å². The van der Waals surface area contributed by atoms with Crippen LogP contribution >= 0.6 is 0 Å². The fourth-order valence-corrected chi connectivity index (χ4v) is 3.65. The summed E-state index contributed by atoms with van der Waals surface area (Å²) in [6, 6.07) is 13.1. The minimum absolute atomic E-state index is 0.159. The maximum Gasteiger partial charge on any atom is 0.338 e. The number of ether oxygens (including phenoxy) is 3. The van der Waals surface area contributed by atoms with Crippen molar-refractivity contribution < 1.29 is 23.8 Å². The van der Waals surface area contributed by atoms with Gasteiger partial charge >= 0.3 is 11.9 Å². The zero-order chi connectivity index (χ0) is 24.3. The molecule has 0 radical (unpaired) electrons. The minimum atomic E-state index is -0.435. The van der Waals surface area contributed by atoms with Crippen LogP contribution in [0.3, 0.4) is 0 Å². The maximum atomic E-state index is 12.1. The first-order valence-corrected chi connectivity index (χ1v) is 11.6. The largest absolute Gasteiger partial charge is 0.465 e. The third-order valence-electron chi connectivity index (χ3n) is 5.49. The van der Waals surface area contributed by atoms with E-state index < -0.39 is 5.97 Å². The van der Waals surface area contributed by atoms with E-state index in [0.29, 0.717) is 36.7 Å². The van der Waals surface area contributed by atoms with Crippen molar-refractivity contribution in [2.45, 2.75) is 13.3 Å². The molecule has 1 heterocycles. The average Bonchev–Trinajstić information content (AvgIpc) is 2.84. The van der Waals surface area contributed by atoms with Gasteiger partial charge in [-0.1, -0.05) is 13.0 Å². The highest BCUT2D eigenvalue weighted by molar-refractivity contribution is 5.92. The van der Waals surface area contributed by atoms with Gasteiger partial charge < -0.3 is 30.2 Å². The maximum absolute atomic E-state index is 12.1. The Bertz CT molecular complexity index is 960. The van der Waals surface area contributed by atoms with Crippen molar-refractivity contribution in [1.29, 1.82) is 0 Å². The second-order valence-corrected chi connectivity index (χ2v) is 8.09. The highest BCUT2D eigenvalue weighted by Gasteiger charge is 2.20. The summed E-state index contributed by atoms with van der Waals surface area (Å²) >= 11 is 0. The highest BCUT2D eigenvalue weighted by atomic mass is 16.6. The number of esters is 2. The third-order valence-corrected chi connectivity index (χ3v) is 5.49. The van der Waals surface area contributed by atoms with Gasteiger partial charge in [-0.3, -0.25) is 9.69 Å². The lowest BCUT2D eigenvalue weighted by atomic mass is 10.1. The summed E-state index contributed by atoms with van der Waals surface area (Å²) in [5.41, 5.74) is 9.72. The Morgan fingerprint density at radius 3 is 2.50 bits per heavy atom. The number of nitrogen functional groups attached to an aromatic ring is 1. The Balaban J connectivity index is 1.56. The Labute approximate surface area is 200 Å². The van der Waals surface area contributed by atoms with E-state index in [4.69, 9.17) is 19.9 Å². The molecule has 3 N–H and O–H groups in total. The number of nitrogens with zero attached hydrogens (tertiary/aromatic N) is 2. The van der Waals surface area contributed by atoms with Gasteiger partial charge in [0.15, 0.2) is 0 Å². The van der Waals surface area contributed by atoms with E-state index in [-0.39, 0.29) is 12.6 Å². The lowest BCUT2D eigenvalue weighted by Crippen LogP contribution is -2.48. The number of anilines is 4. The fourth-order valence-electron chi connectivity index (χ4n) is 3.65. The molecule has 0 saturated carbocycles. The number of carbonyl (C=O) groups is 2. The first kappa shape index (κ1) is 25.3. The molecule has 1 fully saturated rings. The van der Waals surface area contributed by atoms with Crippen LogP contribution in [0.25, 0.3) is 0 Å². The highest BCUT2D eigenvalue weighted by Crippen LogP contribution is 2.27. The number of benzene rings is 2. The SMILES string of the molecule is CCCOC(=O)CN1CCN(c2cccc(Nc3ccc(C(=O)OCCOC)cc3N)c2)CC1. The molecule has 0 aromatic heterocycles. The summed E-state index contributed by atoms with van der Waals surface area (Å²) in [4.78, 5) is 28.4. The molecule has 1 aliphatic rings. The molecule has 9 heteroatoms. The Morgan fingerprint density at radius 1 is 1.00 bits per heavy atom. The monoisotopic (exact) mass is 470 g/mol. The molecule has 3 rings (SSSR count). The van der Waals surface area contributed by atoms with E-state index in [1.807, 2.05) is 19.1 Å². The smallest absolute Gasteiger partial charge is 0.338 e. The lowest BCUT2D eigenvalue weighted by Gasteiger charge is -2.35. The predicted octanol–water partition coefficient (Wildman–Crippen LogP) is 2.89. The summed E-state index contributed by atoms with van der Waals surface area (Å²) in [6.07, 6.45) is 0.834. The van der Waals surface area contributed by atoms with E-state index >= 15 is 0 Å². The third kappa shape index (κ3) is 7.36. The molecule has 9 nitrogen and oxygen atoms in total. The Kier molecular flexibility index (Phi) is 9.54. The van der Waals surface area contributed by atoms with Crippen LogP contribution in [0.4, 0.5) is 22.7 Å². The van der Waals surface area contributed by atoms with Crippen LogP contribution in [0.15, 0.2) is 42.5 Å². The van der Waals surface area contributed by atoms with Crippen LogP contribution in [-0.2, 0) is 19.0 Å². The van der Waals surface area contributed by atoms with Gasteiger partial charge in [0.2, 0.25) is 0 Å². The van der Waals surface area contributed by atoms with Gasteiger partial charge in [-0.15, -0.1) is 0 Å². The summed E-state index contributed by atoms with van der Waals surface area (Å²) < 4.78 is 15.2. The van der Waals surface area contributed by atoms with Gasteiger partial charge in [-0.2, -0.15) is 0 Å². The minimum Gasteiger partial charge on any atom is -0.465 e. The molecule has 1 aliphatic heterocycles. The molecule has 0 spiro atoms. The molecular formula is C25H34N4O5. The van der Waals surface area contributed by atoms with Gasteiger partial charge in [0.25, 0.3) is 0 Å². The number of hydrogen-bond donors (Lipinski definition) is 2. The van der Waals surface area contributed by atoms with Crippen LogP contribution < -0.4 is 16.0 Å². The van der Waals surface area contributed by atoms with Crippen LogP contribution in [0.2, 0.25) is 0 Å². The Hall–Kier alpha value is -3.30. The molecule has 0 aliphatic carbocycles. The van der Waals surface area contributed by atoms with Crippen molar-refractivity contribution >= 4 is 34.7 Å². The number of nitrogens with one attached hydrogen (secondary N) is 1. The molecule has 0 bridgehead atoms. The average molecular weight is 471 g/mol. The van der Waals surface area contributed by atoms with E-state index in [0.717, 1.165) is 44.0 Å². The zero-order valence-corrected chi connectivity index (χ0v) is 19.9. The fraction of sp³-hybridized carbons (Fsp3) is 0.440. The van der Waals surface area contributed by atoms with Crippen LogP contribution in [0.5, 0.6) is 0 Å². The summed E-state index contributed by atoms with van der Waals surface area (Å²) in [5, 5.41) is 3.33. The van der Waals surface area contributed by atoms with Gasteiger partial charge in [0, 0.05) is 44.7 Å². The molecule has 1 saturated heterocycles. The normalized spacial score (nSPS) is 14.0. The molecular weight excluding hydrogens is 436 g/mol. The first-order chi connectivity index (χ1) is 16.5.